The second kappa shape index (κ2) is 7.57. The minimum absolute atomic E-state index is 0.271. The molecule has 0 aliphatic heterocycles. The van der Waals surface area contributed by atoms with Crippen molar-refractivity contribution in [3.05, 3.63) is 83.3 Å². The lowest BCUT2D eigenvalue weighted by Crippen LogP contribution is -2.15. The maximum absolute atomic E-state index is 12.3. The molecule has 0 radical (unpaired) electrons. The van der Waals surface area contributed by atoms with Gasteiger partial charge in [-0.15, -0.1) is 0 Å². The number of aromatic nitrogens is 2. The van der Waals surface area contributed by atoms with Gasteiger partial charge in [-0.1, -0.05) is 42.5 Å². The van der Waals surface area contributed by atoms with E-state index in [-0.39, 0.29) is 11.6 Å². The van der Waals surface area contributed by atoms with Crippen LogP contribution in [0.5, 0.6) is 0 Å². The van der Waals surface area contributed by atoms with Crippen molar-refractivity contribution in [2.24, 2.45) is 0 Å². The molecule has 126 valence electrons. The number of rotatable bonds is 5. The fourth-order valence-electron chi connectivity index (χ4n) is 2.43. The van der Waals surface area contributed by atoms with Gasteiger partial charge in [0.15, 0.2) is 0 Å². The van der Waals surface area contributed by atoms with Gasteiger partial charge in [-0.05, 0) is 36.6 Å². The number of carbonyl (C=O) groups excluding carboxylic acids is 1. The van der Waals surface area contributed by atoms with E-state index in [1.54, 1.807) is 6.20 Å². The summed E-state index contributed by atoms with van der Waals surface area (Å²) in [4.78, 5) is 20.7. The Hall–Kier alpha value is -3.21. The highest BCUT2D eigenvalue weighted by molar-refractivity contribution is 6.03. The average Bonchev–Trinajstić information content (AvgIpc) is 2.63. The highest BCUT2D eigenvalue weighted by Crippen LogP contribution is 2.14. The maximum Gasteiger partial charge on any atom is 0.275 e. The average molecular weight is 332 g/mol. The van der Waals surface area contributed by atoms with Gasteiger partial charge in [0.1, 0.15) is 11.5 Å². The van der Waals surface area contributed by atoms with Crippen LogP contribution in [-0.4, -0.2) is 15.9 Å². The van der Waals surface area contributed by atoms with Crippen molar-refractivity contribution in [1.29, 1.82) is 0 Å². The molecule has 0 unspecified atom stereocenters. The molecular formula is C20H20N4O. The van der Waals surface area contributed by atoms with E-state index >= 15 is 0 Å². The predicted molar refractivity (Wildman–Crippen MR) is 99.7 cm³/mol. The minimum Gasteiger partial charge on any atom is -0.365 e. The van der Waals surface area contributed by atoms with E-state index in [0.29, 0.717) is 12.4 Å². The van der Waals surface area contributed by atoms with Crippen LogP contribution in [0, 0.1) is 13.8 Å². The second-order valence-electron chi connectivity index (χ2n) is 5.84. The minimum atomic E-state index is -0.271. The largest absolute Gasteiger partial charge is 0.365 e. The molecule has 1 aromatic heterocycles. The summed E-state index contributed by atoms with van der Waals surface area (Å²) in [5.74, 6) is 0.364. The van der Waals surface area contributed by atoms with Gasteiger partial charge >= 0.3 is 0 Å². The Morgan fingerprint density at radius 3 is 2.32 bits per heavy atom. The molecule has 25 heavy (non-hydrogen) atoms. The molecule has 2 N–H and O–H groups in total. The molecule has 0 saturated heterocycles. The van der Waals surface area contributed by atoms with E-state index in [9.17, 15) is 4.79 Å². The van der Waals surface area contributed by atoms with Crippen molar-refractivity contribution in [3.63, 3.8) is 0 Å². The SMILES string of the molecule is Cc1ccccc1CNc1cnc(C(=O)Nc2ccccc2C)cn1. The molecular weight excluding hydrogens is 312 g/mol. The topological polar surface area (TPSA) is 66.9 Å². The number of para-hydroxylation sites is 1. The molecule has 0 spiro atoms. The third-order valence-corrected chi connectivity index (χ3v) is 4.00. The summed E-state index contributed by atoms with van der Waals surface area (Å²) >= 11 is 0. The van der Waals surface area contributed by atoms with Gasteiger partial charge in [0.05, 0.1) is 12.4 Å². The normalized spacial score (nSPS) is 10.3. The van der Waals surface area contributed by atoms with Crippen LogP contribution in [0.1, 0.15) is 27.2 Å². The molecule has 2 aromatic carbocycles. The molecule has 0 fully saturated rings. The highest BCUT2D eigenvalue weighted by Gasteiger charge is 2.09. The van der Waals surface area contributed by atoms with Crippen LogP contribution in [0.25, 0.3) is 0 Å². The molecule has 5 heteroatoms. The van der Waals surface area contributed by atoms with Crippen molar-refractivity contribution < 1.29 is 4.79 Å². The summed E-state index contributed by atoms with van der Waals surface area (Å²) in [6, 6.07) is 15.8. The van der Waals surface area contributed by atoms with Gasteiger partial charge in [-0.3, -0.25) is 4.79 Å². The molecule has 0 aliphatic carbocycles. The number of nitrogens with zero attached hydrogens (tertiary/aromatic N) is 2. The van der Waals surface area contributed by atoms with Crippen molar-refractivity contribution in [3.8, 4) is 0 Å². The summed E-state index contributed by atoms with van der Waals surface area (Å²) < 4.78 is 0. The lowest BCUT2D eigenvalue weighted by molar-refractivity contribution is 0.102. The number of benzene rings is 2. The number of hydrogen-bond acceptors (Lipinski definition) is 4. The maximum atomic E-state index is 12.3. The molecule has 3 rings (SSSR count). The first-order valence-electron chi connectivity index (χ1n) is 8.11. The Kier molecular flexibility index (Phi) is 5.04. The fraction of sp³-hybridized carbons (Fsp3) is 0.150. The fourth-order valence-corrected chi connectivity index (χ4v) is 2.43. The number of nitrogens with one attached hydrogen (secondary N) is 2. The predicted octanol–water partition coefficient (Wildman–Crippen LogP) is 3.96. The zero-order valence-corrected chi connectivity index (χ0v) is 14.3. The number of amides is 1. The van der Waals surface area contributed by atoms with Crippen LogP contribution in [0.15, 0.2) is 60.9 Å². The summed E-state index contributed by atoms with van der Waals surface area (Å²) in [5, 5.41) is 6.07. The Bertz CT molecular complexity index is 875. The van der Waals surface area contributed by atoms with Crippen LogP contribution < -0.4 is 10.6 Å². The van der Waals surface area contributed by atoms with Crippen LogP contribution in [-0.2, 0) is 6.54 Å². The van der Waals surface area contributed by atoms with Gasteiger partial charge < -0.3 is 10.6 Å². The number of aryl methyl sites for hydroxylation is 2. The Labute approximate surface area is 147 Å². The highest BCUT2D eigenvalue weighted by atomic mass is 16.1. The quantitative estimate of drug-likeness (QED) is 0.742. The van der Waals surface area contributed by atoms with Crippen molar-refractivity contribution in [1.82, 2.24) is 9.97 Å². The molecule has 0 bridgehead atoms. The number of anilines is 2. The summed E-state index contributed by atoms with van der Waals surface area (Å²) in [6.07, 6.45) is 3.05. The van der Waals surface area contributed by atoms with Crippen molar-refractivity contribution in [2.45, 2.75) is 20.4 Å². The van der Waals surface area contributed by atoms with E-state index in [1.165, 1.54) is 17.3 Å². The molecule has 5 nitrogen and oxygen atoms in total. The smallest absolute Gasteiger partial charge is 0.275 e. The van der Waals surface area contributed by atoms with E-state index in [1.807, 2.05) is 43.3 Å². The van der Waals surface area contributed by atoms with Gasteiger partial charge in [0, 0.05) is 12.2 Å². The van der Waals surface area contributed by atoms with E-state index < -0.39 is 0 Å². The van der Waals surface area contributed by atoms with Crippen LogP contribution in [0.2, 0.25) is 0 Å². The standard InChI is InChI=1S/C20H20N4O/c1-14-7-3-5-9-16(14)11-22-19-13-21-18(12-23-19)20(25)24-17-10-6-4-8-15(17)2/h3-10,12-13H,11H2,1-2H3,(H,22,23)(H,24,25). The summed E-state index contributed by atoms with van der Waals surface area (Å²) in [5.41, 5.74) is 4.48. The molecule has 0 saturated carbocycles. The lowest BCUT2D eigenvalue weighted by atomic mass is 10.1. The Morgan fingerprint density at radius 2 is 1.64 bits per heavy atom. The molecule has 1 amide bonds. The Morgan fingerprint density at radius 1 is 0.920 bits per heavy atom. The first-order chi connectivity index (χ1) is 12.1. The van der Waals surface area contributed by atoms with Gasteiger partial charge in [-0.25, -0.2) is 9.97 Å². The third kappa shape index (κ3) is 4.20. The van der Waals surface area contributed by atoms with Crippen molar-refractivity contribution >= 4 is 17.4 Å². The van der Waals surface area contributed by atoms with Crippen LogP contribution >= 0.6 is 0 Å². The zero-order chi connectivity index (χ0) is 17.6. The first-order valence-corrected chi connectivity index (χ1v) is 8.11. The summed E-state index contributed by atoms with van der Waals surface area (Å²) in [7, 11) is 0. The van der Waals surface area contributed by atoms with Crippen LogP contribution in [0.4, 0.5) is 11.5 Å². The second-order valence-corrected chi connectivity index (χ2v) is 5.84. The molecule has 3 aromatic rings. The third-order valence-electron chi connectivity index (χ3n) is 4.00. The zero-order valence-electron chi connectivity index (χ0n) is 14.3. The molecule has 0 atom stereocenters. The Balaban J connectivity index is 1.63. The van der Waals surface area contributed by atoms with E-state index in [0.717, 1.165) is 11.3 Å². The first kappa shape index (κ1) is 16.6. The van der Waals surface area contributed by atoms with Crippen LogP contribution in [0.3, 0.4) is 0 Å². The van der Waals surface area contributed by atoms with E-state index in [2.05, 4.69) is 39.7 Å². The summed E-state index contributed by atoms with van der Waals surface area (Å²) in [6.45, 7) is 4.68. The number of carbonyl (C=O) groups is 1. The number of hydrogen-bond donors (Lipinski definition) is 2. The van der Waals surface area contributed by atoms with Crippen molar-refractivity contribution in [2.75, 3.05) is 10.6 Å². The molecule has 1 heterocycles. The van der Waals surface area contributed by atoms with Gasteiger partial charge in [-0.2, -0.15) is 0 Å². The van der Waals surface area contributed by atoms with E-state index in [4.69, 9.17) is 0 Å². The van der Waals surface area contributed by atoms with Gasteiger partial charge in [0.2, 0.25) is 0 Å². The molecule has 0 aliphatic rings. The van der Waals surface area contributed by atoms with Gasteiger partial charge in [0.25, 0.3) is 5.91 Å². The monoisotopic (exact) mass is 332 g/mol. The lowest BCUT2D eigenvalue weighted by Gasteiger charge is -2.09.